The van der Waals surface area contributed by atoms with Crippen LogP contribution in [-0.4, -0.2) is 17.1 Å². The van der Waals surface area contributed by atoms with Gasteiger partial charge in [0.05, 0.1) is 7.11 Å². The summed E-state index contributed by atoms with van der Waals surface area (Å²) in [4.78, 5) is 7.21. The highest BCUT2D eigenvalue weighted by Gasteiger charge is 2.13. The summed E-state index contributed by atoms with van der Waals surface area (Å²) < 4.78 is 6.30. The maximum Gasteiger partial charge on any atom is 0.124 e. The molecule has 0 saturated carbocycles. The van der Waals surface area contributed by atoms with Gasteiger partial charge < -0.3 is 15.5 Å². The van der Waals surface area contributed by atoms with Crippen molar-refractivity contribution in [3.05, 3.63) is 46.5 Å². The Morgan fingerprint density at radius 2 is 2.35 bits per heavy atom. The average Bonchev–Trinajstić information content (AvgIpc) is 2.81. The number of ether oxygens (including phenoxy) is 1. The van der Waals surface area contributed by atoms with Gasteiger partial charge in [0.25, 0.3) is 0 Å². The van der Waals surface area contributed by atoms with E-state index in [0.717, 1.165) is 21.6 Å². The molecule has 1 heterocycles. The van der Waals surface area contributed by atoms with E-state index in [2.05, 4.69) is 25.9 Å². The van der Waals surface area contributed by atoms with Crippen molar-refractivity contribution < 1.29 is 4.74 Å². The third kappa shape index (κ3) is 2.87. The van der Waals surface area contributed by atoms with Gasteiger partial charge in [-0.05, 0) is 12.1 Å². The molecule has 2 aromatic rings. The zero-order valence-corrected chi connectivity index (χ0v) is 11.1. The summed E-state index contributed by atoms with van der Waals surface area (Å²) in [5.41, 5.74) is 7.14. The number of hydrogen-bond donors (Lipinski definition) is 2. The van der Waals surface area contributed by atoms with Gasteiger partial charge in [-0.3, -0.25) is 0 Å². The lowest BCUT2D eigenvalue weighted by atomic mass is 10.0. The van der Waals surface area contributed by atoms with Crippen molar-refractivity contribution in [2.75, 3.05) is 7.11 Å². The van der Waals surface area contributed by atoms with Crippen LogP contribution in [0.4, 0.5) is 0 Å². The minimum atomic E-state index is -0.135. The van der Waals surface area contributed by atoms with Crippen LogP contribution in [-0.2, 0) is 6.42 Å². The van der Waals surface area contributed by atoms with E-state index in [4.69, 9.17) is 10.5 Å². The van der Waals surface area contributed by atoms with Crippen LogP contribution in [0.5, 0.6) is 5.75 Å². The van der Waals surface area contributed by atoms with E-state index in [9.17, 15) is 0 Å². The Morgan fingerprint density at radius 3 is 3.00 bits per heavy atom. The molecule has 5 heteroatoms. The van der Waals surface area contributed by atoms with Crippen LogP contribution in [0, 0.1) is 0 Å². The largest absolute Gasteiger partial charge is 0.496 e. The number of nitrogens with zero attached hydrogens (tertiary/aromatic N) is 1. The fraction of sp³-hybridized carbons (Fsp3) is 0.250. The summed E-state index contributed by atoms with van der Waals surface area (Å²) >= 11 is 3.41. The quantitative estimate of drug-likeness (QED) is 0.910. The van der Waals surface area contributed by atoms with Gasteiger partial charge in [0.2, 0.25) is 0 Å². The van der Waals surface area contributed by atoms with Crippen molar-refractivity contribution in [1.29, 1.82) is 0 Å². The van der Waals surface area contributed by atoms with Gasteiger partial charge in [-0.2, -0.15) is 0 Å². The van der Waals surface area contributed by atoms with Crippen LogP contribution < -0.4 is 10.5 Å². The lowest BCUT2D eigenvalue weighted by Crippen LogP contribution is -2.15. The van der Waals surface area contributed by atoms with Crippen LogP contribution in [0.15, 0.2) is 35.1 Å². The standard InChI is InChI=1S/C12H14BrN3O/c1-17-11-6-8(13)2-3-9(11)10(14)7-12-15-4-5-16-12/h2-6,10H,7,14H2,1H3,(H,15,16). The number of imidazole rings is 1. The maximum absolute atomic E-state index is 6.16. The SMILES string of the molecule is COc1cc(Br)ccc1C(N)Cc1ncc[nH]1. The predicted molar refractivity (Wildman–Crippen MR) is 69.9 cm³/mol. The van der Waals surface area contributed by atoms with Gasteiger partial charge in [-0.15, -0.1) is 0 Å². The molecular formula is C12H14BrN3O. The number of aromatic nitrogens is 2. The molecule has 3 N–H and O–H groups in total. The number of H-pyrrole nitrogens is 1. The molecule has 0 amide bonds. The highest BCUT2D eigenvalue weighted by Crippen LogP contribution is 2.28. The molecule has 0 aliphatic heterocycles. The van der Waals surface area contributed by atoms with E-state index in [1.165, 1.54) is 0 Å². The number of nitrogens with one attached hydrogen (secondary N) is 1. The number of hydrogen-bond acceptors (Lipinski definition) is 3. The molecule has 0 aliphatic rings. The van der Waals surface area contributed by atoms with Crippen molar-refractivity contribution >= 4 is 15.9 Å². The van der Waals surface area contributed by atoms with E-state index >= 15 is 0 Å². The first kappa shape index (κ1) is 12.1. The summed E-state index contributed by atoms with van der Waals surface area (Å²) in [6.45, 7) is 0. The molecule has 4 nitrogen and oxygen atoms in total. The highest BCUT2D eigenvalue weighted by molar-refractivity contribution is 9.10. The number of methoxy groups -OCH3 is 1. The molecule has 0 spiro atoms. The van der Waals surface area contributed by atoms with Gasteiger partial charge >= 0.3 is 0 Å². The highest BCUT2D eigenvalue weighted by atomic mass is 79.9. The van der Waals surface area contributed by atoms with Crippen LogP contribution in [0.1, 0.15) is 17.4 Å². The van der Waals surface area contributed by atoms with Gasteiger partial charge in [0.1, 0.15) is 11.6 Å². The molecule has 2 rings (SSSR count). The van der Waals surface area contributed by atoms with Crippen LogP contribution in [0.2, 0.25) is 0 Å². The van der Waals surface area contributed by atoms with Gasteiger partial charge in [0, 0.05) is 34.9 Å². The normalized spacial score (nSPS) is 12.4. The Bertz CT molecular complexity index is 485. The Kier molecular flexibility index (Phi) is 3.81. The maximum atomic E-state index is 6.16. The molecule has 0 saturated heterocycles. The summed E-state index contributed by atoms with van der Waals surface area (Å²) in [5, 5.41) is 0. The second-order valence-electron chi connectivity index (χ2n) is 3.73. The lowest BCUT2D eigenvalue weighted by molar-refractivity contribution is 0.405. The zero-order valence-electron chi connectivity index (χ0n) is 9.48. The van der Waals surface area contributed by atoms with Crippen molar-refractivity contribution in [3.63, 3.8) is 0 Å². The van der Waals surface area contributed by atoms with Crippen molar-refractivity contribution in [2.24, 2.45) is 5.73 Å². The van der Waals surface area contributed by atoms with Gasteiger partial charge in [0.15, 0.2) is 0 Å². The van der Waals surface area contributed by atoms with Crippen molar-refractivity contribution in [1.82, 2.24) is 9.97 Å². The average molecular weight is 296 g/mol. The molecule has 1 unspecified atom stereocenters. The Labute approximate surface area is 108 Å². The molecule has 90 valence electrons. The summed E-state index contributed by atoms with van der Waals surface area (Å²) in [6, 6.07) is 5.71. The third-order valence-corrected chi connectivity index (χ3v) is 3.06. The van der Waals surface area contributed by atoms with Crippen molar-refractivity contribution in [2.45, 2.75) is 12.5 Å². The van der Waals surface area contributed by atoms with Gasteiger partial charge in [-0.1, -0.05) is 22.0 Å². The molecule has 1 aromatic heterocycles. The fourth-order valence-electron chi connectivity index (χ4n) is 1.72. The monoisotopic (exact) mass is 295 g/mol. The van der Waals surface area contributed by atoms with E-state index in [1.807, 2.05) is 18.2 Å². The number of benzene rings is 1. The predicted octanol–water partition coefficient (Wildman–Crippen LogP) is 2.42. The second kappa shape index (κ2) is 5.33. The van der Waals surface area contributed by atoms with E-state index in [0.29, 0.717) is 6.42 Å². The third-order valence-electron chi connectivity index (χ3n) is 2.56. The first-order chi connectivity index (χ1) is 8.20. The van der Waals surface area contributed by atoms with E-state index in [-0.39, 0.29) is 6.04 Å². The van der Waals surface area contributed by atoms with Crippen LogP contribution in [0.3, 0.4) is 0 Å². The first-order valence-corrected chi connectivity index (χ1v) is 6.07. The summed E-state index contributed by atoms with van der Waals surface area (Å²) in [7, 11) is 1.64. The Balaban J connectivity index is 2.21. The summed E-state index contributed by atoms with van der Waals surface area (Å²) in [5.74, 6) is 1.67. The topological polar surface area (TPSA) is 63.9 Å². The number of nitrogens with two attached hydrogens (primary N) is 1. The fourth-order valence-corrected chi connectivity index (χ4v) is 2.06. The van der Waals surface area contributed by atoms with Crippen LogP contribution in [0.25, 0.3) is 0 Å². The molecule has 1 atom stereocenters. The Hall–Kier alpha value is -1.33. The molecule has 0 bridgehead atoms. The van der Waals surface area contributed by atoms with Crippen molar-refractivity contribution in [3.8, 4) is 5.75 Å². The molecule has 0 fully saturated rings. The molecular weight excluding hydrogens is 282 g/mol. The Morgan fingerprint density at radius 1 is 1.53 bits per heavy atom. The van der Waals surface area contributed by atoms with E-state index in [1.54, 1.807) is 19.5 Å². The molecule has 1 aromatic carbocycles. The first-order valence-electron chi connectivity index (χ1n) is 5.28. The number of halogens is 1. The lowest BCUT2D eigenvalue weighted by Gasteiger charge is -2.15. The minimum Gasteiger partial charge on any atom is -0.496 e. The van der Waals surface area contributed by atoms with Gasteiger partial charge in [-0.25, -0.2) is 4.98 Å². The smallest absolute Gasteiger partial charge is 0.124 e. The zero-order chi connectivity index (χ0) is 12.3. The summed E-state index contributed by atoms with van der Waals surface area (Å²) in [6.07, 6.45) is 4.17. The molecule has 17 heavy (non-hydrogen) atoms. The van der Waals surface area contributed by atoms with E-state index < -0.39 is 0 Å². The number of rotatable bonds is 4. The van der Waals surface area contributed by atoms with Crippen LogP contribution >= 0.6 is 15.9 Å². The number of aromatic amines is 1. The minimum absolute atomic E-state index is 0.135. The second-order valence-corrected chi connectivity index (χ2v) is 4.65. The molecule has 0 aliphatic carbocycles. The molecule has 0 radical (unpaired) electrons.